The minimum Gasteiger partial charge on any atom is -0.457 e. The maximum Gasteiger partial charge on any atom is 0.338 e. The van der Waals surface area contributed by atoms with E-state index in [1.807, 2.05) is 0 Å². The predicted molar refractivity (Wildman–Crippen MR) is 111 cm³/mol. The molecule has 0 unspecified atom stereocenters. The number of rotatable bonds is 4. The van der Waals surface area contributed by atoms with Crippen molar-refractivity contribution in [3.8, 4) is 11.3 Å². The molecular weight excluding hydrogens is 402 g/mol. The highest BCUT2D eigenvalue weighted by Gasteiger charge is 2.41. The lowest BCUT2D eigenvalue weighted by molar-refractivity contribution is -0.384. The van der Waals surface area contributed by atoms with Crippen LogP contribution in [0.15, 0.2) is 76.7 Å². The number of anilines is 1. The Morgan fingerprint density at radius 2 is 1.68 bits per heavy atom. The molecule has 0 radical (unpaired) electrons. The van der Waals surface area contributed by atoms with E-state index in [0.717, 1.165) is 9.80 Å². The average molecular weight is 417 g/mol. The molecule has 1 fully saturated rings. The first-order valence-corrected chi connectivity index (χ1v) is 9.14. The van der Waals surface area contributed by atoms with E-state index < -0.39 is 22.8 Å². The highest BCUT2D eigenvalue weighted by Crippen LogP contribution is 2.29. The number of urea groups is 1. The number of nitrogens with zero attached hydrogens (tertiary/aromatic N) is 3. The number of hydrogen-bond donors (Lipinski definition) is 0. The molecule has 0 N–H and O–H groups in total. The van der Waals surface area contributed by atoms with Gasteiger partial charge in [-0.3, -0.25) is 24.6 Å². The lowest BCUT2D eigenvalue weighted by Crippen LogP contribution is -2.55. The third-order valence-electron chi connectivity index (χ3n) is 4.72. The van der Waals surface area contributed by atoms with Crippen molar-refractivity contribution in [2.75, 3.05) is 11.9 Å². The summed E-state index contributed by atoms with van der Waals surface area (Å²) in [6.07, 6.45) is 1.25. The second-order valence-electron chi connectivity index (χ2n) is 6.69. The number of barbiturate groups is 1. The quantitative estimate of drug-likeness (QED) is 0.276. The van der Waals surface area contributed by atoms with Crippen LogP contribution in [0.4, 0.5) is 16.2 Å². The molecule has 4 rings (SSSR count). The topological polar surface area (TPSA) is 114 Å². The molecule has 0 aliphatic carbocycles. The summed E-state index contributed by atoms with van der Waals surface area (Å²) in [6, 6.07) is 16.5. The van der Waals surface area contributed by atoms with Gasteiger partial charge in [0.15, 0.2) is 0 Å². The molecule has 2 heterocycles. The third-order valence-corrected chi connectivity index (χ3v) is 4.72. The Hall–Kier alpha value is -4.53. The summed E-state index contributed by atoms with van der Waals surface area (Å²) >= 11 is 0. The van der Waals surface area contributed by atoms with Gasteiger partial charge in [-0.05, 0) is 30.3 Å². The minimum atomic E-state index is -0.771. The third kappa shape index (κ3) is 3.60. The van der Waals surface area contributed by atoms with Gasteiger partial charge in [-0.15, -0.1) is 0 Å². The number of para-hydroxylation sites is 1. The normalized spacial score (nSPS) is 15.6. The zero-order valence-electron chi connectivity index (χ0n) is 16.2. The number of furan rings is 1. The molecule has 9 nitrogen and oxygen atoms in total. The van der Waals surface area contributed by atoms with Gasteiger partial charge < -0.3 is 4.42 Å². The van der Waals surface area contributed by atoms with Crippen LogP contribution in [-0.2, 0) is 9.59 Å². The molecule has 2 aromatic carbocycles. The number of imide groups is 2. The Morgan fingerprint density at radius 3 is 2.39 bits per heavy atom. The highest BCUT2D eigenvalue weighted by molar-refractivity contribution is 6.38. The van der Waals surface area contributed by atoms with Gasteiger partial charge in [0.1, 0.15) is 17.1 Å². The Morgan fingerprint density at radius 1 is 0.935 bits per heavy atom. The van der Waals surface area contributed by atoms with E-state index in [9.17, 15) is 24.5 Å². The average Bonchev–Trinajstić information content (AvgIpc) is 3.25. The number of likely N-dealkylation sites (N-methyl/N-ethyl adjacent to an activating group) is 1. The van der Waals surface area contributed by atoms with Gasteiger partial charge in [0.2, 0.25) is 0 Å². The Bertz CT molecular complexity index is 1240. The lowest BCUT2D eigenvalue weighted by atomic mass is 10.1. The van der Waals surface area contributed by atoms with Crippen LogP contribution in [-0.4, -0.2) is 34.7 Å². The molecule has 3 aromatic rings. The summed E-state index contributed by atoms with van der Waals surface area (Å²) in [5.41, 5.74) is 0.466. The molecule has 0 atom stereocenters. The molecule has 31 heavy (non-hydrogen) atoms. The maximum atomic E-state index is 13.0. The summed E-state index contributed by atoms with van der Waals surface area (Å²) in [4.78, 5) is 50.3. The number of non-ortho nitro benzene ring substituents is 1. The van der Waals surface area contributed by atoms with Crippen molar-refractivity contribution in [1.29, 1.82) is 0 Å². The van der Waals surface area contributed by atoms with Crippen molar-refractivity contribution in [1.82, 2.24) is 4.90 Å². The van der Waals surface area contributed by atoms with Crippen LogP contribution in [0, 0.1) is 10.1 Å². The van der Waals surface area contributed by atoms with Crippen LogP contribution >= 0.6 is 0 Å². The minimum absolute atomic E-state index is 0.0925. The molecule has 1 aliphatic heterocycles. The van der Waals surface area contributed by atoms with Crippen molar-refractivity contribution >= 4 is 35.3 Å². The Balaban J connectivity index is 1.70. The van der Waals surface area contributed by atoms with Crippen molar-refractivity contribution in [3.05, 3.63) is 88.2 Å². The molecule has 1 saturated heterocycles. The first kappa shape index (κ1) is 19.8. The number of amides is 4. The van der Waals surface area contributed by atoms with Crippen LogP contribution in [0.1, 0.15) is 5.76 Å². The highest BCUT2D eigenvalue weighted by atomic mass is 16.6. The zero-order chi connectivity index (χ0) is 22.1. The van der Waals surface area contributed by atoms with Crippen molar-refractivity contribution in [2.45, 2.75) is 0 Å². The standard InChI is InChI=1S/C22H15N3O6/c1-23-20(26)18(21(27)24(22(23)28)15-7-3-2-4-8-15)13-17-10-11-19(31-17)14-6-5-9-16(12-14)25(29)30/h2-13H,1H3/b18-13+. The fraction of sp³-hybridized carbons (Fsp3) is 0.0455. The molecule has 4 amide bonds. The molecule has 1 aromatic heterocycles. The largest absolute Gasteiger partial charge is 0.457 e. The zero-order valence-corrected chi connectivity index (χ0v) is 16.2. The van der Waals surface area contributed by atoms with Crippen LogP contribution in [0.3, 0.4) is 0 Å². The summed E-state index contributed by atoms with van der Waals surface area (Å²) in [6.45, 7) is 0. The van der Waals surface area contributed by atoms with Crippen molar-refractivity contribution in [3.63, 3.8) is 0 Å². The van der Waals surface area contributed by atoms with Crippen LogP contribution < -0.4 is 4.90 Å². The summed E-state index contributed by atoms with van der Waals surface area (Å²) in [7, 11) is 1.29. The first-order chi connectivity index (χ1) is 14.9. The fourth-order valence-electron chi connectivity index (χ4n) is 3.15. The predicted octanol–water partition coefficient (Wildman–Crippen LogP) is 3.86. The SMILES string of the molecule is CN1C(=O)/C(=C\c2ccc(-c3cccc([N+](=O)[O-])c3)o2)C(=O)N(c2ccccc2)C1=O. The van der Waals surface area contributed by atoms with Crippen molar-refractivity contribution in [2.24, 2.45) is 0 Å². The van der Waals surface area contributed by atoms with Crippen LogP contribution in [0.25, 0.3) is 17.4 Å². The lowest BCUT2D eigenvalue weighted by Gasteiger charge is -2.31. The smallest absolute Gasteiger partial charge is 0.338 e. The van der Waals surface area contributed by atoms with Gasteiger partial charge in [-0.25, -0.2) is 9.69 Å². The molecule has 0 saturated carbocycles. The number of benzene rings is 2. The number of carbonyl (C=O) groups excluding carboxylic acids is 3. The van der Waals surface area contributed by atoms with E-state index in [1.165, 1.54) is 37.4 Å². The number of nitro groups is 1. The number of hydrogen-bond acceptors (Lipinski definition) is 6. The van der Waals surface area contributed by atoms with Gasteiger partial charge in [0.25, 0.3) is 17.5 Å². The van der Waals surface area contributed by atoms with Gasteiger partial charge in [0.05, 0.1) is 10.6 Å². The molecule has 0 spiro atoms. The molecule has 9 heteroatoms. The molecule has 1 aliphatic rings. The van der Waals surface area contributed by atoms with E-state index in [2.05, 4.69) is 0 Å². The maximum absolute atomic E-state index is 13.0. The molecule has 0 bridgehead atoms. The fourth-order valence-corrected chi connectivity index (χ4v) is 3.15. The Kier molecular flexibility index (Phi) is 4.92. The Labute approximate surface area is 175 Å². The van der Waals surface area contributed by atoms with Gasteiger partial charge in [0, 0.05) is 24.7 Å². The van der Waals surface area contributed by atoms with Crippen molar-refractivity contribution < 1.29 is 23.7 Å². The van der Waals surface area contributed by atoms with Crippen LogP contribution in [0.2, 0.25) is 0 Å². The second-order valence-corrected chi connectivity index (χ2v) is 6.69. The molecular formula is C22H15N3O6. The number of nitro benzene ring substituents is 1. The van der Waals surface area contributed by atoms with Gasteiger partial charge in [-0.1, -0.05) is 30.3 Å². The van der Waals surface area contributed by atoms with E-state index in [4.69, 9.17) is 4.42 Å². The second kappa shape index (κ2) is 7.71. The van der Waals surface area contributed by atoms with E-state index in [0.29, 0.717) is 17.0 Å². The number of carbonyl (C=O) groups is 3. The van der Waals surface area contributed by atoms with E-state index in [-0.39, 0.29) is 17.0 Å². The van der Waals surface area contributed by atoms with Gasteiger partial charge in [-0.2, -0.15) is 0 Å². The summed E-state index contributed by atoms with van der Waals surface area (Å²) in [5.74, 6) is -1.01. The summed E-state index contributed by atoms with van der Waals surface area (Å²) in [5, 5.41) is 11.0. The first-order valence-electron chi connectivity index (χ1n) is 9.14. The van der Waals surface area contributed by atoms with E-state index in [1.54, 1.807) is 42.5 Å². The summed E-state index contributed by atoms with van der Waals surface area (Å²) < 4.78 is 5.68. The molecule has 154 valence electrons. The van der Waals surface area contributed by atoms with E-state index >= 15 is 0 Å². The van der Waals surface area contributed by atoms with Gasteiger partial charge >= 0.3 is 6.03 Å². The monoisotopic (exact) mass is 417 g/mol. The van der Waals surface area contributed by atoms with Crippen LogP contribution in [0.5, 0.6) is 0 Å².